The van der Waals surface area contributed by atoms with E-state index in [9.17, 15) is 13.6 Å². The number of hydrogen-bond acceptors (Lipinski definition) is 4. The molecule has 3 aromatic rings. The molecule has 9 heteroatoms. The average molecular weight is 347 g/mol. The molecule has 24 heavy (non-hydrogen) atoms. The van der Waals surface area contributed by atoms with Crippen LogP contribution in [0, 0.1) is 18.6 Å². The Hall–Kier alpha value is -2.77. The maximum absolute atomic E-state index is 14.3. The molecule has 0 aliphatic rings. The molecule has 0 amide bonds. The Labute approximate surface area is 138 Å². The zero-order chi connectivity index (χ0) is 17.4. The van der Waals surface area contributed by atoms with Gasteiger partial charge in [-0.3, -0.25) is 9.20 Å². The average Bonchev–Trinajstić information content (AvgIpc) is 2.92. The molecule has 122 valence electrons. The van der Waals surface area contributed by atoms with E-state index in [1.54, 1.807) is 19.2 Å². The topological polar surface area (TPSA) is 83.1 Å². The first kappa shape index (κ1) is 16.1. The highest BCUT2D eigenvalue weighted by atomic mass is 32.1. The predicted molar refractivity (Wildman–Crippen MR) is 87.0 cm³/mol. The Morgan fingerprint density at radius 2 is 2.17 bits per heavy atom. The minimum absolute atomic E-state index is 0.106. The second-order valence-corrected chi connectivity index (χ2v) is 5.99. The molecule has 1 atom stereocenters. The molecule has 0 bridgehead atoms. The fraction of sp³-hybridized carbons (Fsp3) is 0.200. The van der Waals surface area contributed by atoms with Crippen LogP contribution < -0.4 is 5.56 Å². The number of nitrogens with zero attached hydrogens (tertiary/aromatic N) is 5. The summed E-state index contributed by atoms with van der Waals surface area (Å²) >= 11 is 1.24. The number of aryl methyl sites for hydroxylation is 1. The first-order valence-corrected chi connectivity index (χ1v) is 7.83. The maximum Gasteiger partial charge on any atom is 0.266 e. The van der Waals surface area contributed by atoms with E-state index in [1.807, 2.05) is 0 Å². The van der Waals surface area contributed by atoms with Gasteiger partial charge in [0, 0.05) is 21.5 Å². The van der Waals surface area contributed by atoms with Gasteiger partial charge in [0.25, 0.3) is 5.56 Å². The molecule has 0 fully saturated rings. The van der Waals surface area contributed by atoms with Gasteiger partial charge in [0.15, 0.2) is 16.6 Å². The van der Waals surface area contributed by atoms with E-state index in [2.05, 4.69) is 15.0 Å². The number of fused-ring (bicyclic) bond motifs is 1. The number of thiazole rings is 1. The number of rotatable bonds is 3. The van der Waals surface area contributed by atoms with E-state index in [0.717, 1.165) is 6.07 Å². The highest BCUT2D eigenvalue weighted by Gasteiger charge is 2.23. The van der Waals surface area contributed by atoms with Crippen molar-refractivity contribution in [1.82, 2.24) is 9.38 Å². The molecular formula is C15H11F2N5OS. The van der Waals surface area contributed by atoms with Crippen molar-refractivity contribution in [2.45, 2.75) is 19.9 Å². The molecule has 1 unspecified atom stereocenters. The van der Waals surface area contributed by atoms with E-state index < -0.39 is 23.2 Å². The van der Waals surface area contributed by atoms with Crippen molar-refractivity contribution >= 4 is 16.3 Å². The van der Waals surface area contributed by atoms with Gasteiger partial charge in [-0.1, -0.05) is 24.2 Å². The molecule has 0 saturated heterocycles. The van der Waals surface area contributed by atoms with Crippen molar-refractivity contribution in [2.75, 3.05) is 0 Å². The summed E-state index contributed by atoms with van der Waals surface area (Å²) in [6.07, 6.45) is 0. The Morgan fingerprint density at radius 1 is 1.42 bits per heavy atom. The van der Waals surface area contributed by atoms with E-state index >= 15 is 0 Å². The van der Waals surface area contributed by atoms with Gasteiger partial charge in [-0.05, 0) is 18.5 Å². The molecule has 0 N–H and O–H groups in total. The summed E-state index contributed by atoms with van der Waals surface area (Å²) < 4.78 is 29.2. The Bertz CT molecular complexity index is 1050. The third-order valence-electron chi connectivity index (χ3n) is 3.61. The fourth-order valence-electron chi connectivity index (χ4n) is 2.48. The minimum Gasteiger partial charge on any atom is -0.268 e. The minimum atomic E-state index is -1.14. The SMILES string of the molecule is Cc1csc2nc(C(C)N=[N+]=[N-])c(-c3cccc(F)c3F)c(=O)n12. The molecule has 0 saturated carbocycles. The van der Waals surface area contributed by atoms with Crippen LogP contribution in [0.4, 0.5) is 8.78 Å². The van der Waals surface area contributed by atoms with Crippen LogP contribution in [0.25, 0.3) is 26.5 Å². The van der Waals surface area contributed by atoms with E-state index in [0.29, 0.717) is 10.7 Å². The van der Waals surface area contributed by atoms with Crippen molar-refractivity contribution in [3.05, 3.63) is 67.4 Å². The third kappa shape index (κ3) is 2.44. The van der Waals surface area contributed by atoms with Crippen molar-refractivity contribution in [1.29, 1.82) is 0 Å². The van der Waals surface area contributed by atoms with Gasteiger partial charge in [0.05, 0.1) is 17.3 Å². The van der Waals surface area contributed by atoms with Gasteiger partial charge >= 0.3 is 0 Å². The summed E-state index contributed by atoms with van der Waals surface area (Å²) in [7, 11) is 0. The van der Waals surface area contributed by atoms with Crippen LogP contribution in [-0.2, 0) is 0 Å². The summed E-state index contributed by atoms with van der Waals surface area (Å²) in [4.78, 5) is 20.4. The van der Waals surface area contributed by atoms with Gasteiger partial charge in [-0.15, -0.1) is 11.3 Å². The second kappa shape index (κ2) is 6.03. The molecule has 0 aliphatic heterocycles. The predicted octanol–water partition coefficient (Wildman–Crippen LogP) is 4.38. The van der Waals surface area contributed by atoms with Crippen molar-refractivity contribution < 1.29 is 8.78 Å². The van der Waals surface area contributed by atoms with Crippen molar-refractivity contribution in [3.8, 4) is 11.1 Å². The largest absolute Gasteiger partial charge is 0.268 e. The summed E-state index contributed by atoms with van der Waals surface area (Å²) in [6, 6.07) is 2.77. The quantitative estimate of drug-likeness (QED) is 0.400. The lowest BCUT2D eigenvalue weighted by Crippen LogP contribution is -2.21. The number of hydrogen-bond donors (Lipinski definition) is 0. The van der Waals surface area contributed by atoms with Crippen LogP contribution >= 0.6 is 11.3 Å². The smallest absolute Gasteiger partial charge is 0.266 e. The molecule has 2 aromatic heterocycles. The lowest BCUT2D eigenvalue weighted by Gasteiger charge is -2.13. The van der Waals surface area contributed by atoms with E-state index in [-0.39, 0.29) is 16.8 Å². The van der Waals surface area contributed by atoms with Gasteiger partial charge in [-0.25, -0.2) is 13.8 Å². The number of aromatic nitrogens is 2. The van der Waals surface area contributed by atoms with Gasteiger partial charge < -0.3 is 0 Å². The second-order valence-electron chi connectivity index (χ2n) is 5.15. The van der Waals surface area contributed by atoms with Gasteiger partial charge in [0.1, 0.15) is 0 Å². The molecule has 3 rings (SSSR count). The van der Waals surface area contributed by atoms with Crippen LogP contribution in [0.3, 0.4) is 0 Å². The number of azide groups is 1. The van der Waals surface area contributed by atoms with Crippen molar-refractivity contribution in [3.63, 3.8) is 0 Å². The first-order valence-electron chi connectivity index (χ1n) is 6.95. The first-order chi connectivity index (χ1) is 11.5. The molecular weight excluding hydrogens is 336 g/mol. The molecule has 2 heterocycles. The molecule has 0 radical (unpaired) electrons. The summed E-state index contributed by atoms with van der Waals surface area (Å²) in [5.74, 6) is -2.21. The Kier molecular flexibility index (Phi) is 4.04. The summed E-state index contributed by atoms with van der Waals surface area (Å²) in [5, 5.41) is 5.28. The lowest BCUT2D eigenvalue weighted by molar-refractivity contribution is 0.511. The summed E-state index contributed by atoms with van der Waals surface area (Å²) in [6.45, 7) is 3.26. The van der Waals surface area contributed by atoms with Gasteiger partial charge in [-0.2, -0.15) is 0 Å². The Balaban J connectivity index is 2.47. The van der Waals surface area contributed by atoms with E-state index in [1.165, 1.54) is 27.9 Å². The zero-order valence-electron chi connectivity index (χ0n) is 12.7. The molecule has 0 spiro atoms. The zero-order valence-corrected chi connectivity index (χ0v) is 13.5. The third-order valence-corrected chi connectivity index (χ3v) is 4.55. The highest BCUT2D eigenvalue weighted by Crippen LogP contribution is 2.30. The van der Waals surface area contributed by atoms with Crippen LogP contribution in [0.1, 0.15) is 24.4 Å². The fourth-order valence-corrected chi connectivity index (χ4v) is 3.35. The molecule has 1 aromatic carbocycles. The maximum atomic E-state index is 14.3. The van der Waals surface area contributed by atoms with Crippen LogP contribution in [0.5, 0.6) is 0 Å². The van der Waals surface area contributed by atoms with Crippen LogP contribution in [0.15, 0.2) is 33.5 Å². The number of benzene rings is 1. The highest BCUT2D eigenvalue weighted by molar-refractivity contribution is 7.15. The monoisotopic (exact) mass is 347 g/mol. The van der Waals surface area contributed by atoms with Gasteiger partial charge in [0.2, 0.25) is 0 Å². The van der Waals surface area contributed by atoms with E-state index in [4.69, 9.17) is 5.53 Å². The standard InChI is InChI=1S/C15H11F2N5OS/c1-7-6-24-15-19-13(8(2)20-21-18)11(14(23)22(7)15)9-4-3-5-10(16)12(9)17/h3-6,8H,1-2H3. The lowest BCUT2D eigenvalue weighted by atomic mass is 10.0. The summed E-state index contributed by atoms with van der Waals surface area (Å²) in [5.41, 5.74) is 8.57. The van der Waals surface area contributed by atoms with Crippen molar-refractivity contribution in [2.24, 2.45) is 5.11 Å². The van der Waals surface area contributed by atoms with Crippen LogP contribution in [-0.4, -0.2) is 9.38 Å². The molecule has 0 aliphatic carbocycles. The Morgan fingerprint density at radius 3 is 2.88 bits per heavy atom. The number of halogens is 2. The normalized spacial score (nSPS) is 12.2. The van der Waals surface area contributed by atoms with Crippen LogP contribution in [0.2, 0.25) is 0 Å². The molecule has 6 nitrogen and oxygen atoms in total.